The molecule has 0 saturated heterocycles. The van der Waals surface area contributed by atoms with Gasteiger partial charge in [-0.1, -0.05) is 101 Å². The number of ketones is 2. The maximum absolute atomic E-state index is 13.8. The van der Waals surface area contributed by atoms with Crippen LogP contribution in [-0.4, -0.2) is 23.4 Å². The Morgan fingerprint density at radius 2 is 1.58 bits per heavy atom. The van der Waals surface area contributed by atoms with Gasteiger partial charge in [-0.15, -0.1) is 0 Å². The topological polar surface area (TPSA) is 116 Å². The van der Waals surface area contributed by atoms with Crippen LogP contribution >= 0.6 is 0 Å². The lowest BCUT2D eigenvalue weighted by molar-refractivity contribution is -0.137. The number of Topliss-reactive ketones (excluding diaryl/α,β-unsaturated/α-hetero) is 1. The number of nitriles is 1. The van der Waals surface area contributed by atoms with E-state index in [0.717, 1.165) is 37.7 Å². The first kappa shape index (κ1) is 38.4. The number of hydrogen-bond acceptors (Lipinski definition) is 5. The summed E-state index contributed by atoms with van der Waals surface area (Å²) in [6, 6.07) is 2.15. The average Bonchev–Trinajstić information content (AvgIpc) is 2.93. The molecular weight excluding hydrogens is 562 g/mol. The lowest BCUT2D eigenvalue weighted by Gasteiger charge is -2.61. The number of nitrogens with one attached hydrogen (secondary N) is 2. The Kier molecular flexibility index (Phi) is 11.6. The van der Waals surface area contributed by atoms with E-state index in [2.05, 4.69) is 65.4 Å². The maximum Gasteiger partial charge on any atom is 0.244 e. The summed E-state index contributed by atoms with van der Waals surface area (Å²) in [7, 11) is 0. The molecule has 0 aromatic rings. The molecule has 2 amide bonds. The quantitative estimate of drug-likeness (QED) is 0.168. The normalized spacial score (nSPS) is 27.2. The number of fused-ring (bicyclic) bond motifs is 1. The summed E-state index contributed by atoms with van der Waals surface area (Å²) in [6.45, 7) is 26.4. The highest BCUT2D eigenvalue weighted by molar-refractivity contribution is 6.04. The number of carbonyl (C=O) groups excluding carboxylic acids is 4. The molecule has 0 bridgehead atoms. The Balaban J connectivity index is 2.55. The van der Waals surface area contributed by atoms with Crippen molar-refractivity contribution in [3.8, 4) is 6.07 Å². The summed E-state index contributed by atoms with van der Waals surface area (Å²) in [6.07, 6.45) is 10.1. The van der Waals surface area contributed by atoms with E-state index in [4.69, 9.17) is 0 Å². The predicted octanol–water partition coefficient (Wildman–Crippen LogP) is 8.21. The van der Waals surface area contributed by atoms with Gasteiger partial charge in [-0.25, -0.2) is 0 Å². The van der Waals surface area contributed by atoms with Crippen molar-refractivity contribution < 1.29 is 19.2 Å². The number of amides is 2. The van der Waals surface area contributed by atoms with Gasteiger partial charge in [0.05, 0.1) is 5.57 Å². The summed E-state index contributed by atoms with van der Waals surface area (Å²) in [4.78, 5) is 52.2. The van der Waals surface area contributed by atoms with Crippen molar-refractivity contribution in [2.45, 2.75) is 141 Å². The fourth-order valence-electron chi connectivity index (χ4n) is 8.16. The van der Waals surface area contributed by atoms with Crippen molar-refractivity contribution >= 4 is 23.4 Å². The van der Waals surface area contributed by atoms with Gasteiger partial charge < -0.3 is 0 Å². The van der Waals surface area contributed by atoms with Crippen LogP contribution in [0.25, 0.3) is 0 Å². The second-order valence-corrected chi connectivity index (χ2v) is 17.1. The molecule has 0 unspecified atom stereocenters. The Hall–Kier alpha value is -2.75. The van der Waals surface area contributed by atoms with Crippen LogP contribution in [-0.2, 0) is 19.2 Å². The van der Waals surface area contributed by atoms with E-state index in [-0.39, 0.29) is 51.6 Å². The summed E-state index contributed by atoms with van der Waals surface area (Å²) < 4.78 is 0. The lowest BCUT2D eigenvalue weighted by Crippen LogP contribution is -2.56. The van der Waals surface area contributed by atoms with Gasteiger partial charge >= 0.3 is 0 Å². The highest BCUT2D eigenvalue weighted by Gasteiger charge is 2.61. The van der Waals surface area contributed by atoms with E-state index in [1.807, 2.05) is 26.8 Å². The largest absolute Gasteiger partial charge is 0.295 e. The molecule has 0 spiro atoms. The molecule has 2 aliphatic rings. The molecule has 252 valence electrons. The minimum absolute atomic E-state index is 0.0505. The fraction of sp³-hybridized carbons (Fsp3) is 0.763. The smallest absolute Gasteiger partial charge is 0.244 e. The lowest BCUT2D eigenvalue weighted by atomic mass is 9.42. The predicted molar refractivity (Wildman–Crippen MR) is 180 cm³/mol. The van der Waals surface area contributed by atoms with Gasteiger partial charge in [0.15, 0.2) is 11.6 Å². The van der Waals surface area contributed by atoms with Crippen LogP contribution in [0.3, 0.4) is 0 Å². The fourth-order valence-corrected chi connectivity index (χ4v) is 8.16. The van der Waals surface area contributed by atoms with Crippen LogP contribution in [0.15, 0.2) is 23.3 Å². The highest BCUT2D eigenvalue weighted by atomic mass is 16.2. The van der Waals surface area contributed by atoms with Crippen LogP contribution in [0.2, 0.25) is 0 Å². The van der Waals surface area contributed by atoms with E-state index in [9.17, 15) is 24.4 Å². The minimum Gasteiger partial charge on any atom is -0.295 e. The molecule has 0 heterocycles. The van der Waals surface area contributed by atoms with Crippen LogP contribution < -0.4 is 10.9 Å². The first-order valence-corrected chi connectivity index (χ1v) is 17.0. The average molecular weight is 624 g/mol. The van der Waals surface area contributed by atoms with Crippen molar-refractivity contribution in [2.75, 3.05) is 0 Å². The van der Waals surface area contributed by atoms with E-state index < -0.39 is 21.7 Å². The molecule has 0 aromatic carbocycles. The summed E-state index contributed by atoms with van der Waals surface area (Å²) >= 11 is 0. The van der Waals surface area contributed by atoms with Crippen molar-refractivity contribution in [1.82, 2.24) is 10.9 Å². The van der Waals surface area contributed by atoms with Crippen molar-refractivity contribution in [3.63, 3.8) is 0 Å². The zero-order valence-electron chi connectivity index (χ0n) is 30.5. The number of hydrazine groups is 1. The SMILES string of the molecule is CCCC(C)(C)CC[C@@](C)(CCC(C)(C)[C@]1(C)CC[C@H]2C(C)(C)C(=O)C(C#N)=C[C@]2(C)/C1=C/C(C)=O)C(=O)NNC(=O)C(C)C. The Bertz CT molecular complexity index is 1280. The summed E-state index contributed by atoms with van der Waals surface area (Å²) in [5.74, 6) is -0.904. The number of nitrogens with zero attached hydrogens (tertiary/aromatic N) is 1. The zero-order valence-corrected chi connectivity index (χ0v) is 30.5. The molecule has 0 aliphatic heterocycles. The molecule has 0 radical (unpaired) electrons. The van der Waals surface area contributed by atoms with Gasteiger partial charge in [0.2, 0.25) is 11.8 Å². The third kappa shape index (κ3) is 7.80. The van der Waals surface area contributed by atoms with Gasteiger partial charge in [0.25, 0.3) is 0 Å². The first-order chi connectivity index (χ1) is 20.4. The van der Waals surface area contributed by atoms with Gasteiger partial charge in [0, 0.05) is 22.2 Å². The monoisotopic (exact) mass is 623 g/mol. The molecule has 7 nitrogen and oxygen atoms in total. The Morgan fingerprint density at radius 3 is 2.09 bits per heavy atom. The standard InChI is InChI=1S/C38H61N3O4/c1-14-16-33(5,6)18-20-36(11,32(45)41-40-31(44)25(2)3)21-19-34(7,8)38(13)17-15-28-35(9,10)30(43)27(24-39)23-37(28,12)29(38)22-26(4)42/h22-23,25,28H,14-21H2,1-13H3,(H,40,44)(H,41,45)/b29-22-/t28-,36-,37-,38+/m0/s1. The second kappa shape index (κ2) is 13.5. The van der Waals surface area contributed by atoms with Crippen molar-refractivity contribution in [3.05, 3.63) is 23.3 Å². The second-order valence-electron chi connectivity index (χ2n) is 17.1. The van der Waals surface area contributed by atoms with E-state index in [1.54, 1.807) is 26.8 Å². The van der Waals surface area contributed by atoms with E-state index >= 15 is 0 Å². The number of hydrogen-bond donors (Lipinski definition) is 2. The molecule has 2 rings (SSSR count). The van der Waals surface area contributed by atoms with Crippen molar-refractivity contribution in [2.24, 2.45) is 44.3 Å². The number of rotatable bonds is 12. The molecule has 45 heavy (non-hydrogen) atoms. The van der Waals surface area contributed by atoms with Crippen LogP contribution in [0.4, 0.5) is 0 Å². The number of allylic oxidation sites excluding steroid dienone is 4. The third-order valence-corrected chi connectivity index (χ3v) is 11.9. The van der Waals surface area contributed by atoms with Gasteiger partial charge in [-0.3, -0.25) is 30.0 Å². The molecule has 2 aliphatic carbocycles. The van der Waals surface area contributed by atoms with E-state index in [1.165, 1.54) is 0 Å². The molecule has 4 atom stereocenters. The zero-order chi connectivity index (χ0) is 34.8. The summed E-state index contributed by atoms with van der Waals surface area (Å²) in [5, 5.41) is 9.94. The number of carbonyl (C=O) groups is 4. The maximum atomic E-state index is 13.8. The first-order valence-electron chi connectivity index (χ1n) is 17.0. The highest BCUT2D eigenvalue weighted by Crippen LogP contribution is 2.67. The molecular formula is C38H61N3O4. The molecule has 1 fully saturated rings. The van der Waals surface area contributed by atoms with Gasteiger partial charge in [-0.05, 0) is 80.1 Å². The Morgan fingerprint density at radius 1 is 1.00 bits per heavy atom. The van der Waals surface area contributed by atoms with Gasteiger partial charge in [0.1, 0.15) is 6.07 Å². The van der Waals surface area contributed by atoms with E-state index in [0.29, 0.717) is 19.3 Å². The van der Waals surface area contributed by atoms with Crippen LogP contribution in [0.1, 0.15) is 141 Å². The van der Waals surface area contributed by atoms with Crippen molar-refractivity contribution in [1.29, 1.82) is 5.26 Å². The Labute approximate surface area is 273 Å². The molecule has 0 aromatic heterocycles. The molecule has 7 heteroatoms. The minimum atomic E-state index is -0.738. The van der Waals surface area contributed by atoms with Crippen LogP contribution in [0.5, 0.6) is 0 Å². The summed E-state index contributed by atoms with van der Waals surface area (Å²) in [5.41, 5.74) is 3.66. The van der Waals surface area contributed by atoms with Crippen LogP contribution in [0, 0.1) is 55.7 Å². The molecule has 2 N–H and O–H groups in total. The molecule has 1 saturated carbocycles. The third-order valence-electron chi connectivity index (χ3n) is 11.9. The van der Waals surface area contributed by atoms with Gasteiger partial charge in [-0.2, -0.15) is 5.26 Å².